The number of hydrogen-bond donors (Lipinski definition) is 4. The highest BCUT2D eigenvalue weighted by Crippen LogP contribution is 2.39. The van der Waals surface area contributed by atoms with Gasteiger partial charge in [-0.25, -0.2) is 18.0 Å². The topological polar surface area (TPSA) is 202 Å². The highest BCUT2D eigenvalue weighted by molar-refractivity contribution is 6.00. The van der Waals surface area contributed by atoms with E-state index in [0.29, 0.717) is 31.4 Å². The van der Waals surface area contributed by atoms with Crippen LogP contribution in [0, 0.1) is 17.5 Å². The predicted octanol–water partition coefficient (Wildman–Crippen LogP) is 0.515. The van der Waals surface area contributed by atoms with E-state index in [2.05, 4.69) is 5.32 Å². The first-order valence-electron chi connectivity index (χ1n) is 13.2. The lowest BCUT2D eigenvalue weighted by Gasteiger charge is -2.44. The summed E-state index contributed by atoms with van der Waals surface area (Å²) in [5, 5.41) is 30.7. The molecule has 14 nitrogen and oxygen atoms in total. The number of halogens is 3. The summed E-state index contributed by atoms with van der Waals surface area (Å²) in [6.07, 6.45) is -1.12. The zero-order valence-corrected chi connectivity index (χ0v) is 22.5. The molecule has 234 valence electrons. The van der Waals surface area contributed by atoms with E-state index in [0.717, 1.165) is 10.8 Å². The first-order valence-corrected chi connectivity index (χ1v) is 13.2. The normalized spacial score (nSPS) is 21.6. The van der Waals surface area contributed by atoms with E-state index in [1.807, 2.05) is 0 Å². The molecule has 2 amide bonds. The molecule has 1 aromatic carbocycles. The number of nitrogens with zero attached hydrogens (tertiary/aromatic N) is 2. The molecular formula is C27H24F3N3O11. The lowest BCUT2D eigenvalue weighted by Crippen LogP contribution is -2.57. The molecule has 0 radical (unpaired) electrons. The molecule has 0 spiro atoms. The van der Waals surface area contributed by atoms with Crippen LogP contribution in [0.2, 0.25) is 0 Å². The van der Waals surface area contributed by atoms with Crippen LogP contribution >= 0.6 is 0 Å². The molecule has 44 heavy (non-hydrogen) atoms. The Morgan fingerprint density at radius 1 is 1.07 bits per heavy atom. The van der Waals surface area contributed by atoms with Gasteiger partial charge in [-0.3, -0.25) is 24.0 Å². The standard InChI is InChI=1S/C27H24F3N3O11/c28-11-3-16(29)14(17(30)4-11)8-31-24(38)15-9-32-10-18-33(12-1-2-13(5-12)43-18)25(39)21(32)23(22(15)37)44-20(36)7-27(42,26(40)41)6-19(34)35/h3-4,9,12-13,18,42H,1-2,5-8,10H2,(H,31,38)(H,34,35)(H,40,41)/t12-,13+,18+,27?/m0/s1. The predicted molar refractivity (Wildman–Crippen MR) is 136 cm³/mol. The molecule has 2 fully saturated rings. The van der Waals surface area contributed by atoms with Crippen LogP contribution in [-0.2, 0) is 32.2 Å². The molecule has 2 aliphatic heterocycles. The van der Waals surface area contributed by atoms with E-state index >= 15 is 0 Å². The van der Waals surface area contributed by atoms with Gasteiger partial charge in [-0.15, -0.1) is 0 Å². The molecular weight excluding hydrogens is 599 g/mol. The number of ether oxygens (including phenoxy) is 2. The van der Waals surface area contributed by atoms with Crippen molar-refractivity contribution >= 4 is 29.7 Å². The van der Waals surface area contributed by atoms with Crippen LogP contribution < -0.4 is 15.5 Å². The number of hydrogen-bond acceptors (Lipinski definition) is 9. The number of fused-ring (bicyclic) bond motifs is 5. The Hall–Kier alpha value is -4.77. The number of pyridine rings is 1. The lowest BCUT2D eigenvalue weighted by molar-refractivity contribution is -0.169. The molecule has 1 unspecified atom stereocenters. The third kappa shape index (κ3) is 5.62. The fourth-order valence-electron chi connectivity index (χ4n) is 5.65. The van der Waals surface area contributed by atoms with Gasteiger partial charge in [0.2, 0.25) is 11.2 Å². The maximum atomic E-state index is 14.1. The number of amides is 2. The van der Waals surface area contributed by atoms with Gasteiger partial charge >= 0.3 is 17.9 Å². The van der Waals surface area contributed by atoms with Gasteiger partial charge < -0.3 is 39.6 Å². The second kappa shape index (κ2) is 11.4. The maximum Gasteiger partial charge on any atom is 0.336 e. The highest BCUT2D eigenvalue weighted by atomic mass is 19.1. The first kappa shape index (κ1) is 30.7. The molecule has 1 saturated heterocycles. The van der Waals surface area contributed by atoms with E-state index in [1.165, 1.54) is 4.90 Å². The molecule has 1 saturated carbocycles. The number of carbonyl (C=O) groups is 5. The van der Waals surface area contributed by atoms with Crippen molar-refractivity contribution in [1.29, 1.82) is 0 Å². The van der Waals surface area contributed by atoms with Gasteiger partial charge in [-0.1, -0.05) is 0 Å². The average Bonchev–Trinajstić information content (AvgIpc) is 3.29. The Morgan fingerprint density at radius 3 is 2.39 bits per heavy atom. The third-order valence-electron chi connectivity index (χ3n) is 7.71. The van der Waals surface area contributed by atoms with Crippen LogP contribution in [0.5, 0.6) is 5.75 Å². The van der Waals surface area contributed by atoms with E-state index in [9.17, 15) is 52.2 Å². The summed E-state index contributed by atoms with van der Waals surface area (Å²) in [5.74, 6) is -12.4. The number of carbonyl (C=O) groups excluding carboxylic acids is 3. The zero-order valence-electron chi connectivity index (χ0n) is 22.5. The lowest BCUT2D eigenvalue weighted by atomic mass is 9.96. The van der Waals surface area contributed by atoms with Crippen molar-refractivity contribution in [2.75, 3.05) is 0 Å². The SMILES string of the molecule is O=C(O)CC(O)(CC(=O)Oc1c2n(cc(C(=O)NCc3c(F)cc(F)cc3F)c1=O)C[C@H]1O[C@@H]3CC[C@@H](C3)N1C2=O)C(=O)O. The molecule has 4 atom stereocenters. The summed E-state index contributed by atoms with van der Waals surface area (Å²) in [6, 6.07) is 0.496. The largest absolute Gasteiger partial charge is 0.481 e. The highest BCUT2D eigenvalue weighted by Gasteiger charge is 2.48. The van der Waals surface area contributed by atoms with Crippen LogP contribution in [0.15, 0.2) is 23.1 Å². The van der Waals surface area contributed by atoms with Gasteiger partial charge in [-0.2, -0.15) is 0 Å². The zero-order chi connectivity index (χ0) is 32.1. The van der Waals surface area contributed by atoms with Crippen molar-refractivity contribution in [3.05, 3.63) is 62.8 Å². The summed E-state index contributed by atoms with van der Waals surface area (Å²) in [5.41, 5.74) is -6.50. The van der Waals surface area contributed by atoms with E-state index < -0.39 is 106 Å². The minimum atomic E-state index is -3.15. The van der Waals surface area contributed by atoms with Crippen LogP contribution in [0.4, 0.5) is 13.2 Å². The first-order chi connectivity index (χ1) is 20.7. The van der Waals surface area contributed by atoms with Crippen molar-refractivity contribution in [1.82, 2.24) is 14.8 Å². The molecule has 4 N–H and O–H groups in total. The van der Waals surface area contributed by atoms with Crippen molar-refractivity contribution in [2.45, 2.75) is 69.2 Å². The summed E-state index contributed by atoms with van der Waals surface area (Å²) >= 11 is 0. The molecule has 5 rings (SSSR count). The molecule has 2 aromatic rings. The number of rotatable bonds is 9. The summed E-state index contributed by atoms with van der Waals surface area (Å²) in [4.78, 5) is 77.1. The average molecular weight is 623 g/mol. The Kier molecular flexibility index (Phi) is 7.94. The van der Waals surface area contributed by atoms with E-state index in [4.69, 9.17) is 14.6 Å². The Bertz CT molecular complexity index is 1640. The van der Waals surface area contributed by atoms with E-state index in [1.54, 1.807) is 0 Å². The smallest absolute Gasteiger partial charge is 0.336 e. The molecule has 1 aliphatic carbocycles. The molecule has 3 heterocycles. The molecule has 17 heteroatoms. The fourth-order valence-corrected chi connectivity index (χ4v) is 5.65. The van der Waals surface area contributed by atoms with Crippen molar-refractivity contribution in [3.63, 3.8) is 0 Å². The summed E-state index contributed by atoms with van der Waals surface area (Å²) in [7, 11) is 0. The Morgan fingerprint density at radius 2 is 1.75 bits per heavy atom. The van der Waals surface area contributed by atoms with Crippen LogP contribution in [0.3, 0.4) is 0 Å². The number of carboxylic acid groups (broad SMARTS) is 2. The van der Waals surface area contributed by atoms with Gasteiger partial charge in [0.1, 0.15) is 23.0 Å². The third-order valence-corrected chi connectivity index (χ3v) is 7.71. The Balaban J connectivity index is 1.52. The quantitative estimate of drug-likeness (QED) is 0.284. The number of nitrogens with one attached hydrogen (secondary N) is 1. The second-order valence-electron chi connectivity index (χ2n) is 10.7. The van der Waals surface area contributed by atoms with E-state index in [-0.39, 0.29) is 18.7 Å². The van der Waals surface area contributed by atoms with Crippen LogP contribution in [0.1, 0.15) is 58.5 Å². The monoisotopic (exact) mass is 623 g/mol. The van der Waals surface area contributed by atoms with Crippen molar-refractivity contribution in [2.24, 2.45) is 0 Å². The second-order valence-corrected chi connectivity index (χ2v) is 10.7. The number of aliphatic carboxylic acids is 2. The van der Waals surface area contributed by atoms with Gasteiger partial charge in [-0.05, 0) is 19.3 Å². The molecule has 2 bridgehead atoms. The number of aliphatic hydroxyl groups is 1. The van der Waals surface area contributed by atoms with Gasteiger partial charge in [0.15, 0.2) is 17.5 Å². The van der Waals surface area contributed by atoms with Gasteiger partial charge in [0.05, 0.1) is 25.5 Å². The fraction of sp³-hybridized carbons (Fsp3) is 0.407. The van der Waals surface area contributed by atoms with Crippen LogP contribution in [0.25, 0.3) is 0 Å². The number of aromatic nitrogens is 1. The number of carboxylic acids is 2. The van der Waals surface area contributed by atoms with Gasteiger partial charge in [0.25, 0.3) is 11.8 Å². The van der Waals surface area contributed by atoms with Crippen molar-refractivity contribution < 1.29 is 61.9 Å². The minimum absolute atomic E-state index is 0.140. The minimum Gasteiger partial charge on any atom is -0.481 e. The van der Waals surface area contributed by atoms with Crippen molar-refractivity contribution in [3.8, 4) is 5.75 Å². The molecule has 3 aliphatic rings. The molecule has 1 aromatic heterocycles. The maximum absolute atomic E-state index is 14.1. The Labute approximate surface area is 244 Å². The van der Waals surface area contributed by atoms with Gasteiger partial charge in [0, 0.05) is 36.5 Å². The summed E-state index contributed by atoms with van der Waals surface area (Å²) in [6.45, 7) is -0.978. The number of esters is 1. The summed E-state index contributed by atoms with van der Waals surface area (Å²) < 4.78 is 53.6. The number of benzene rings is 1. The van der Waals surface area contributed by atoms with Crippen LogP contribution in [-0.4, -0.2) is 78.5 Å².